The fraction of sp³-hybridized carbons (Fsp3) is 0.714. The molecule has 3 heterocycles. The van der Waals surface area contributed by atoms with Gasteiger partial charge in [0, 0.05) is 6.04 Å². The first kappa shape index (κ1) is 14.2. The summed E-state index contributed by atoms with van der Waals surface area (Å²) < 4.78 is 1.99. The highest BCUT2D eigenvalue weighted by atomic mass is 15.4. The van der Waals surface area contributed by atoms with Gasteiger partial charge in [0.25, 0.3) is 0 Å². The smallest absolute Gasteiger partial charge is 0.167 e. The largest absolute Gasteiger partial charge is 0.286 e. The van der Waals surface area contributed by atoms with Crippen LogP contribution < -0.4 is 0 Å². The molecule has 0 radical (unpaired) electrons. The van der Waals surface area contributed by atoms with Crippen LogP contribution in [-0.4, -0.2) is 41.4 Å². The minimum Gasteiger partial charge on any atom is -0.286 e. The van der Waals surface area contributed by atoms with Gasteiger partial charge < -0.3 is 0 Å². The molecular formula is C14H23N7. The number of aryl methyl sites for hydroxylation is 1. The van der Waals surface area contributed by atoms with E-state index in [2.05, 4.69) is 44.0 Å². The third-order valence-corrected chi connectivity index (χ3v) is 4.01. The molecule has 1 atom stereocenters. The van der Waals surface area contributed by atoms with Crippen molar-refractivity contribution in [3.05, 3.63) is 23.8 Å². The van der Waals surface area contributed by atoms with Crippen LogP contribution in [0, 0.1) is 6.92 Å². The van der Waals surface area contributed by atoms with Crippen molar-refractivity contribution in [2.75, 3.05) is 6.54 Å². The molecule has 0 spiro atoms. The maximum atomic E-state index is 4.52. The van der Waals surface area contributed by atoms with Gasteiger partial charge in [0.05, 0.1) is 12.6 Å². The van der Waals surface area contributed by atoms with Gasteiger partial charge in [-0.15, -0.1) is 0 Å². The number of piperidine rings is 1. The molecule has 1 fully saturated rings. The summed E-state index contributed by atoms with van der Waals surface area (Å²) in [6, 6.07) is 0.609. The number of likely N-dealkylation sites (tertiary alicyclic amines) is 1. The van der Waals surface area contributed by atoms with E-state index in [1.165, 1.54) is 12.8 Å². The highest BCUT2D eigenvalue weighted by Gasteiger charge is 2.28. The highest BCUT2D eigenvalue weighted by Crippen LogP contribution is 2.30. The Morgan fingerprint density at radius 1 is 1.38 bits per heavy atom. The summed E-state index contributed by atoms with van der Waals surface area (Å²) in [5.41, 5.74) is 0. The molecule has 0 saturated carbocycles. The van der Waals surface area contributed by atoms with Crippen LogP contribution in [0.15, 0.2) is 6.33 Å². The van der Waals surface area contributed by atoms with Crippen LogP contribution in [-0.2, 0) is 6.54 Å². The molecule has 1 unspecified atom stereocenters. The summed E-state index contributed by atoms with van der Waals surface area (Å²) in [4.78, 5) is 11.4. The quantitative estimate of drug-likeness (QED) is 0.932. The van der Waals surface area contributed by atoms with Gasteiger partial charge in [0.1, 0.15) is 18.0 Å². The third-order valence-electron chi connectivity index (χ3n) is 4.01. The van der Waals surface area contributed by atoms with Crippen molar-refractivity contribution in [1.82, 2.24) is 34.8 Å². The van der Waals surface area contributed by atoms with Gasteiger partial charge in [-0.05, 0) is 40.2 Å². The monoisotopic (exact) mass is 289 g/mol. The van der Waals surface area contributed by atoms with Crippen LogP contribution in [0.3, 0.4) is 0 Å². The van der Waals surface area contributed by atoms with E-state index in [0.29, 0.717) is 6.04 Å². The van der Waals surface area contributed by atoms with Crippen molar-refractivity contribution in [2.24, 2.45) is 0 Å². The molecule has 114 valence electrons. The van der Waals surface area contributed by atoms with Crippen molar-refractivity contribution in [3.8, 4) is 0 Å². The van der Waals surface area contributed by atoms with Crippen LogP contribution in [0.1, 0.15) is 62.7 Å². The zero-order chi connectivity index (χ0) is 14.8. The topological polar surface area (TPSA) is 75.5 Å². The summed E-state index contributed by atoms with van der Waals surface area (Å²) in [7, 11) is 0. The number of aromatic nitrogens is 6. The van der Waals surface area contributed by atoms with Crippen LogP contribution in [0.4, 0.5) is 0 Å². The molecule has 21 heavy (non-hydrogen) atoms. The van der Waals surface area contributed by atoms with Crippen molar-refractivity contribution in [2.45, 2.75) is 58.7 Å². The molecule has 1 N–H and O–H groups in total. The Balaban J connectivity index is 1.80. The van der Waals surface area contributed by atoms with Crippen molar-refractivity contribution in [1.29, 1.82) is 0 Å². The number of rotatable bonds is 4. The van der Waals surface area contributed by atoms with Gasteiger partial charge in [0.2, 0.25) is 0 Å². The Hall–Kier alpha value is -1.76. The minimum atomic E-state index is 0.279. The Morgan fingerprint density at radius 3 is 2.95 bits per heavy atom. The number of H-pyrrole nitrogens is 1. The van der Waals surface area contributed by atoms with Gasteiger partial charge in [-0.3, -0.25) is 10.00 Å². The van der Waals surface area contributed by atoms with Gasteiger partial charge in [-0.25, -0.2) is 14.6 Å². The second-order valence-electron chi connectivity index (χ2n) is 5.98. The van der Waals surface area contributed by atoms with E-state index in [9.17, 15) is 0 Å². The zero-order valence-corrected chi connectivity index (χ0v) is 13.0. The van der Waals surface area contributed by atoms with Crippen LogP contribution in [0.5, 0.6) is 0 Å². The third kappa shape index (κ3) is 2.97. The summed E-state index contributed by atoms with van der Waals surface area (Å²) in [5, 5.41) is 11.6. The average molecular weight is 289 g/mol. The lowest BCUT2D eigenvalue weighted by molar-refractivity contribution is 0.127. The summed E-state index contributed by atoms with van der Waals surface area (Å²) >= 11 is 0. The van der Waals surface area contributed by atoms with Gasteiger partial charge >= 0.3 is 0 Å². The lowest BCUT2D eigenvalue weighted by Crippen LogP contribution is -2.34. The zero-order valence-electron chi connectivity index (χ0n) is 13.0. The van der Waals surface area contributed by atoms with Gasteiger partial charge in [-0.2, -0.15) is 10.2 Å². The molecule has 1 saturated heterocycles. The molecule has 0 bridgehead atoms. The number of hydrogen-bond donors (Lipinski definition) is 1. The van der Waals surface area contributed by atoms with E-state index in [1.807, 2.05) is 11.6 Å². The number of nitrogens with one attached hydrogen (secondary N) is 1. The first-order valence-electron chi connectivity index (χ1n) is 7.66. The van der Waals surface area contributed by atoms with Gasteiger partial charge in [-0.1, -0.05) is 6.42 Å². The normalized spacial score (nSPS) is 20.3. The molecule has 1 aliphatic heterocycles. The highest BCUT2D eigenvalue weighted by molar-refractivity contribution is 4.99. The Labute approximate surface area is 124 Å². The van der Waals surface area contributed by atoms with E-state index in [-0.39, 0.29) is 6.04 Å². The maximum absolute atomic E-state index is 4.52. The van der Waals surface area contributed by atoms with E-state index in [4.69, 9.17) is 0 Å². The van der Waals surface area contributed by atoms with Crippen molar-refractivity contribution >= 4 is 0 Å². The fourth-order valence-corrected chi connectivity index (χ4v) is 2.98. The van der Waals surface area contributed by atoms with E-state index in [1.54, 1.807) is 6.33 Å². The molecule has 1 aliphatic rings. The predicted octanol–water partition coefficient (Wildman–Crippen LogP) is 2.01. The number of aromatic amines is 1. The molecular weight excluding hydrogens is 266 g/mol. The molecule has 2 aromatic rings. The second-order valence-corrected chi connectivity index (χ2v) is 5.98. The van der Waals surface area contributed by atoms with Crippen molar-refractivity contribution < 1.29 is 0 Å². The first-order valence-corrected chi connectivity index (χ1v) is 7.66. The molecule has 0 amide bonds. The molecule has 7 heteroatoms. The Bertz CT molecular complexity index is 586. The first-order chi connectivity index (χ1) is 10.1. The SMILES string of the molecule is Cc1nc(C2CCCCN2Cc2ncnn2C(C)C)n[nH]1. The minimum absolute atomic E-state index is 0.279. The number of hydrogen-bond acceptors (Lipinski definition) is 5. The molecule has 0 aliphatic carbocycles. The average Bonchev–Trinajstić information content (AvgIpc) is 3.08. The lowest BCUT2D eigenvalue weighted by Gasteiger charge is -2.33. The number of nitrogens with zero attached hydrogens (tertiary/aromatic N) is 6. The second kappa shape index (κ2) is 5.93. The van der Waals surface area contributed by atoms with Crippen LogP contribution >= 0.6 is 0 Å². The van der Waals surface area contributed by atoms with Crippen molar-refractivity contribution in [3.63, 3.8) is 0 Å². The maximum Gasteiger partial charge on any atom is 0.167 e. The van der Waals surface area contributed by atoms with Crippen LogP contribution in [0.25, 0.3) is 0 Å². The summed E-state index contributed by atoms with van der Waals surface area (Å²) in [5.74, 6) is 2.80. The molecule has 2 aromatic heterocycles. The molecule has 7 nitrogen and oxygen atoms in total. The van der Waals surface area contributed by atoms with Gasteiger partial charge in [0.15, 0.2) is 5.82 Å². The fourth-order valence-electron chi connectivity index (χ4n) is 2.98. The predicted molar refractivity (Wildman–Crippen MR) is 78.5 cm³/mol. The van der Waals surface area contributed by atoms with E-state index >= 15 is 0 Å². The molecule has 3 rings (SSSR count). The Kier molecular flexibility index (Phi) is 4.01. The van der Waals surface area contributed by atoms with Crippen LogP contribution in [0.2, 0.25) is 0 Å². The standard InChI is InChI=1S/C14H23N7/c1-10(2)21-13(15-9-16-21)8-20-7-5-4-6-12(20)14-17-11(3)18-19-14/h9-10,12H,4-8H2,1-3H3,(H,17,18,19). The molecule has 0 aromatic carbocycles. The van der Waals surface area contributed by atoms with E-state index in [0.717, 1.165) is 37.0 Å². The van der Waals surface area contributed by atoms with E-state index < -0.39 is 0 Å². The summed E-state index contributed by atoms with van der Waals surface area (Å²) in [6.07, 6.45) is 5.19. The summed E-state index contributed by atoms with van der Waals surface area (Å²) in [6.45, 7) is 8.06. The Morgan fingerprint density at radius 2 is 2.24 bits per heavy atom. The lowest BCUT2D eigenvalue weighted by atomic mass is 10.0.